The van der Waals surface area contributed by atoms with Gasteiger partial charge in [-0.05, 0) is 54.6 Å². The minimum atomic E-state index is -0.311. The fourth-order valence-electron chi connectivity index (χ4n) is 3.44. The average Bonchev–Trinajstić information content (AvgIpc) is 2.84. The van der Waals surface area contributed by atoms with E-state index in [1.54, 1.807) is 18.3 Å². The number of nitrogens with zero attached hydrogens (tertiary/aromatic N) is 2. The Morgan fingerprint density at radius 1 is 0.844 bits per heavy atom. The molecule has 0 bridgehead atoms. The Morgan fingerprint density at radius 3 is 2.34 bits per heavy atom. The number of carbonyl (C=O) groups is 1. The lowest BCUT2D eigenvalue weighted by Gasteiger charge is -2.18. The SMILES string of the molecule is O=C(Nc1ccc(-c2cccc(-c3ccc4c(c3)OCCO4)n2)cc1)c1cccnc1Cl. The number of aromatic nitrogens is 2. The molecule has 158 valence electrons. The highest BCUT2D eigenvalue weighted by Gasteiger charge is 2.14. The van der Waals surface area contributed by atoms with Crippen molar-refractivity contribution >= 4 is 23.2 Å². The predicted octanol–water partition coefficient (Wildman–Crippen LogP) is 5.49. The van der Waals surface area contributed by atoms with Gasteiger partial charge in [0.05, 0.1) is 17.0 Å². The summed E-state index contributed by atoms with van der Waals surface area (Å²) < 4.78 is 11.3. The molecule has 32 heavy (non-hydrogen) atoms. The number of nitrogens with one attached hydrogen (secondary N) is 1. The summed E-state index contributed by atoms with van der Waals surface area (Å²) in [6, 6.07) is 22.5. The number of benzene rings is 2. The molecule has 0 fully saturated rings. The van der Waals surface area contributed by atoms with Crippen LogP contribution in [-0.2, 0) is 0 Å². The number of amides is 1. The molecule has 0 saturated heterocycles. The third kappa shape index (κ3) is 4.13. The van der Waals surface area contributed by atoms with Gasteiger partial charge in [-0.25, -0.2) is 9.97 Å². The molecule has 3 heterocycles. The normalized spacial score (nSPS) is 12.3. The second-order valence-corrected chi connectivity index (χ2v) is 7.50. The number of fused-ring (bicyclic) bond motifs is 1. The molecule has 1 N–H and O–H groups in total. The lowest BCUT2D eigenvalue weighted by atomic mass is 10.1. The highest BCUT2D eigenvalue weighted by atomic mass is 35.5. The van der Waals surface area contributed by atoms with E-state index in [0.717, 1.165) is 34.0 Å². The van der Waals surface area contributed by atoms with Crippen LogP contribution in [0, 0.1) is 0 Å². The van der Waals surface area contributed by atoms with Crippen molar-refractivity contribution in [1.82, 2.24) is 9.97 Å². The van der Waals surface area contributed by atoms with Gasteiger partial charge in [0.15, 0.2) is 11.5 Å². The van der Waals surface area contributed by atoms with Crippen LogP contribution in [0.2, 0.25) is 5.15 Å². The molecule has 7 heteroatoms. The number of carbonyl (C=O) groups excluding carboxylic acids is 1. The molecule has 0 aliphatic carbocycles. The lowest BCUT2D eigenvalue weighted by Crippen LogP contribution is -2.15. The fraction of sp³-hybridized carbons (Fsp3) is 0.0800. The van der Waals surface area contributed by atoms with Gasteiger partial charge in [-0.15, -0.1) is 0 Å². The quantitative estimate of drug-likeness (QED) is 0.422. The molecular weight excluding hydrogens is 426 g/mol. The first-order valence-electron chi connectivity index (χ1n) is 10.1. The van der Waals surface area contributed by atoms with E-state index >= 15 is 0 Å². The molecule has 2 aromatic heterocycles. The zero-order valence-corrected chi connectivity index (χ0v) is 17.7. The molecule has 6 nitrogen and oxygen atoms in total. The summed E-state index contributed by atoms with van der Waals surface area (Å²) in [7, 11) is 0. The van der Waals surface area contributed by atoms with Crippen molar-refractivity contribution < 1.29 is 14.3 Å². The Kier molecular flexibility index (Phi) is 5.44. The number of rotatable bonds is 4. The minimum Gasteiger partial charge on any atom is -0.486 e. The molecule has 2 aromatic carbocycles. The van der Waals surface area contributed by atoms with E-state index in [1.807, 2.05) is 60.7 Å². The number of ether oxygens (including phenoxy) is 2. The van der Waals surface area contributed by atoms with Crippen molar-refractivity contribution in [3.63, 3.8) is 0 Å². The number of hydrogen-bond donors (Lipinski definition) is 1. The molecule has 0 spiro atoms. The van der Waals surface area contributed by atoms with E-state index in [1.165, 1.54) is 0 Å². The van der Waals surface area contributed by atoms with Crippen molar-refractivity contribution in [2.45, 2.75) is 0 Å². The Labute approximate surface area is 189 Å². The maximum absolute atomic E-state index is 12.4. The topological polar surface area (TPSA) is 73.3 Å². The molecule has 0 saturated carbocycles. The van der Waals surface area contributed by atoms with E-state index < -0.39 is 0 Å². The van der Waals surface area contributed by atoms with Crippen LogP contribution in [0.4, 0.5) is 5.69 Å². The van der Waals surface area contributed by atoms with Crippen LogP contribution in [0.3, 0.4) is 0 Å². The molecule has 0 radical (unpaired) electrons. The first-order chi connectivity index (χ1) is 15.7. The van der Waals surface area contributed by atoms with Gasteiger partial charge in [-0.1, -0.05) is 29.8 Å². The van der Waals surface area contributed by atoms with Crippen molar-refractivity contribution in [2.24, 2.45) is 0 Å². The summed E-state index contributed by atoms with van der Waals surface area (Å²) in [6.07, 6.45) is 1.54. The van der Waals surface area contributed by atoms with Crippen LogP contribution < -0.4 is 14.8 Å². The van der Waals surface area contributed by atoms with Crippen molar-refractivity contribution in [3.05, 3.63) is 89.7 Å². The van der Waals surface area contributed by atoms with E-state index in [-0.39, 0.29) is 11.1 Å². The van der Waals surface area contributed by atoms with Crippen LogP contribution in [0.5, 0.6) is 11.5 Å². The predicted molar refractivity (Wildman–Crippen MR) is 123 cm³/mol. The third-order valence-corrected chi connectivity index (χ3v) is 5.33. The van der Waals surface area contributed by atoms with Gasteiger partial charge >= 0.3 is 0 Å². The largest absolute Gasteiger partial charge is 0.486 e. The summed E-state index contributed by atoms with van der Waals surface area (Å²) in [5.41, 5.74) is 4.53. The van der Waals surface area contributed by atoms with Crippen LogP contribution in [0.15, 0.2) is 79.0 Å². The van der Waals surface area contributed by atoms with E-state index in [0.29, 0.717) is 24.5 Å². The molecule has 1 aliphatic heterocycles. The Hall–Kier alpha value is -3.90. The molecule has 4 aromatic rings. The summed E-state index contributed by atoms with van der Waals surface area (Å²) in [5.74, 6) is 1.17. The average molecular weight is 444 g/mol. The Balaban J connectivity index is 1.36. The first kappa shape index (κ1) is 20.0. The van der Waals surface area contributed by atoms with Crippen LogP contribution in [0.1, 0.15) is 10.4 Å². The van der Waals surface area contributed by atoms with Gasteiger partial charge in [0.2, 0.25) is 0 Å². The maximum atomic E-state index is 12.4. The third-order valence-electron chi connectivity index (χ3n) is 5.03. The molecule has 1 aliphatic rings. The molecular formula is C25H18ClN3O3. The van der Waals surface area contributed by atoms with Crippen molar-refractivity contribution in [2.75, 3.05) is 18.5 Å². The summed E-state index contributed by atoms with van der Waals surface area (Å²) in [5, 5.41) is 3.00. The zero-order chi connectivity index (χ0) is 21.9. The van der Waals surface area contributed by atoms with E-state index in [9.17, 15) is 4.79 Å². The highest BCUT2D eigenvalue weighted by molar-refractivity contribution is 6.33. The number of anilines is 1. The molecule has 5 rings (SSSR count). The van der Waals surface area contributed by atoms with E-state index in [4.69, 9.17) is 26.1 Å². The molecule has 1 amide bonds. The van der Waals surface area contributed by atoms with Gasteiger partial charge in [0.25, 0.3) is 5.91 Å². The minimum absolute atomic E-state index is 0.168. The second-order valence-electron chi connectivity index (χ2n) is 7.14. The molecule has 0 unspecified atom stereocenters. The smallest absolute Gasteiger partial charge is 0.258 e. The van der Waals surface area contributed by atoms with Crippen LogP contribution >= 0.6 is 11.6 Å². The monoisotopic (exact) mass is 443 g/mol. The summed E-state index contributed by atoms with van der Waals surface area (Å²) in [4.78, 5) is 21.2. The highest BCUT2D eigenvalue weighted by Crippen LogP contribution is 2.34. The number of halogens is 1. The lowest BCUT2D eigenvalue weighted by molar-refractivity contribution is 0.102. The zero-order valence-electron chi connectivity index (χ0n) is 16.9. The second kappa shape index (κ2) is 8.69. The van der Waals surface area contributed by atoms with Gasteiger partial charge in [-0.2, -0.15) is 0 Å². The molecule has 0 atom stereocenters. The van der Waals surface area contributed by atoms with Crippen LogP contribution in [-0.4, -0.2) is 29.1 Å². The van der Waals surface area contributed by atoms with Gasteiger partial charge in [0.1, 0.15) is 18.4 Å². The van der Waals surface area contributed by atoms with E-state index in [2.05, 4.69) is 10.3 Å². The van der Waals surface area contributed by atoms with Crippen molar-refractivity contribution in [1.29, 1.82) is 0 Å². The number of hydrogen-bond acceptors (Lipinski definition) is 5. The standard InChI is InChI=1S/C25H18ClN3O3/c26-24-19(3-2-12-27-24)25(30)28-18-9-6-16(7-10-18)20-4-1-5-21(29-20)17-8-11-22-23(15-17)32-14-13-31-22/h1-12,15H,13-14H2,(H,28,30). The van der Waals surface area contributed by atoms with Gasteiger partial charge in [0, 0.05) is 23.0 Å². The summed E-state index contributed by atoms with van der Waals surface area (Å²) in [6.45, 7) is 1.10. The van der Waals surface area contributed by atoms with Crippen LogP contribution in [0.25, 0.3) is 22.5 Å². The Morgan fingerprint density at radius 2 is 1.56 bits per heavy atom. The number of pyridine rings is 2. The van der Waals surface area contributed by atoms with Crippen molar-refractivity contribution in [3.8, 4) is 34.0 Å². The maximum Gasteiger partial charge on any atom is 0.258 e. The fourth-order valence-corrected chi connectivity index (χ4v) is 3.64. The van der Waals surface area contributed by atoms with Gasteiger partial charge in [-0.3, -0.25) is 4.79 Å². The first-order valence-corrected chi connectivity index (χ1v) is 10.4. The summed E-state index contributed by atoms with van der Waals surface area (Å²) >= 11 is 6.00. The van der Waals surface area contributed by atoms with Gasteiger partial charge < -0.3 is 14.8 Å². The Bertz CT molecular complexity index is 1290.